The monoisotopic (exact) mass is 238 g/mol. The third kappa shape index (κ3) is 2.80. The van der Waals surface area contributed by atoms with Gasteiger partial charge in [0.1, 0.15) is 11.5 Å². The van der Waals surface area contributed by atoms with E-state index in [-0.39, 0.29) is 11.5 Å². The standard InChI is InChI=1S/C10H8O2.C6H6/c11-9-5-1-3-7-8(9)4-2-6-10(7)12;1-2-4-6-5-3-1/h1-6,11-12H;1-6H. The van der Waals surface area contributed by atoms with Gasteiger partial charge < -0.3 is 10.2 Å². The molecule has 0 heterocycles. The van der Waals surface area contributed by atoms with Crippen LogP contribution < -0.4 is 0 Å². The summed E-state index contributed by atoms with van der Waals surface area (Å²) in [5, 5.41) is 20.1. The van der Waals surface area contributed by atoms with E-state index >= 15 is 0 Å². The Labute approximate surface area is 106 Å². The topological polar surface area (TPSA) is 40.5 Å². The quantitative estimate of drug-likeness (QED) is 0.622. The molecule has 0 saturated carbocycles. The van der Waals surface area contributed by atoms with Crippen molar-refractivity contribution in [1.29, 1.82) is 0 Å². The fourth-order valence-corrected chi connectivity index (χ4v) is 1.66. The Hall–Kier alpha value is -2.48. The second-order valence-electron chi connectivity index (χ2n) is 3.80. The molecule has 2 nitrogen and oxygen atoms in total. The molecule has 0 saturated heterocycles. The Bertz CT molecular complexity index is 550. The van der Waals surface area contributed by atoms with E-state index in [0.717, 1.165) is 0 Å². The molecule has 3 aromatic carbocycles. The summed E-state index contributed by atoms with van der Waals surface area (Å²) in [6.07, 6.45) is 0. The van der Waals surface area contributed by atoms with Gasteiger partial charge in [-0.1, -0.05) is 60.7 Å². The van der Waals surface area contributed by atoms with E-state index < -0.39 is 0 Å². The Morgan fingerprint density at radius 3 is 1.11 bits per heavy atom. The highest BCUT2D eigenvalue weighted by Crippen LogP contribution is 2.29. The molecule has 3 rings (SSSR count). The minimum atomic E-state index is 0.198. The fourth-order valence-electron chi connectivity index (χ4n) is 1.66. The van der Waals surface area contributed by atoms with Crippen LogP contribution in [0.25, 0.3) is 10.8 Å². The van der Waals surface area contributed by atoms with Crippen molar-refractivity contribution in [2.45, 2.75) is 0 Å². The number of fused-ring (bicyclic) bond motifs is 1. The normalized spacial score (nSPS) is 9.56. The van der Waals surface area contributed by atoms with Crippen molar-refractivity contribution >= 4 is 10.8 Å². The number of phenols is 2. The first-order valence-corrected chi connectivity index (χ1v) is 5.69. The van der Waals surface area contributed by atoms with Gasteiger partial charge in [0, 0.05) is 10.8 Å². The Morgan fingerprint density at radius 2 is 0.778 bits per heavy atom. The van der Waals surface area contributed by atoms with Gasteiger partial charge >= 0.3 is 0 Å². The molecule has 0 unspecified atom stereocenters. The van der Waals surface area contributed by atoms with Gasteiger partial charge in [0.05, 0.1) is 0 Å². The summed E-state index contributed by atoms with van der Waals surface area (Å²) in [6, 6.07) is 22.1. The smallest absolute Gasteiger partial charge is 0.123 e. The van der Waals surface area contributed by atoms with Crippen LogP contribution in [-0.2, 0) is 0 Å². The average molecular weight is 238 g/mol. The zero-order valence-corrected chi connectivity index (χ0v) is 9.82. The number of rotatable bonds is 0. The lowest BCUT2D eigenvalue weighted by molar-refractivity contribution is 0.475. The first-order valence-electron chi connectivity index (χ1n) is 5.69. The van der Waals surface area contributed by atoms with E-state index in [9.17, 15) is 10.2 Å². The Morgan fingerprint density at radius 1 is 0.444 bits per heavy atom. The van der Waals surface area contributed by atoms with Crippen LogP contribution in [0.3, 0.4) is 0 Å². The van der Waals surface area contributed by atoms with Crippen molar-refractivity contribution in [3.63, 3.8) is 0 Å². The SMILES string of the molecule is Oc1cccc2c(O)cccc12.c1ccccc1. The summed E-state index contributed by atoms with van der Waals surface area (Å²) in [4.78, 5) is 0. The van der Waals surface area contributed by atoms with E-state index in [1.165, 1.54) is 0 Å². The summed E-state index contributed by atoms with van der Waals surface area (Å²) in [5.41, 5.74) is 0. The summed E-state index contributed by atoms with van der Waals surface area (Å²) in [5.74, 6) is 0.395. The minimum absolute atomic E-state index is 0.198. The van der Waals surface area contributed by atoms with Gasteiger partial charge in [-0.3, -0.25) is 0 Å². The van der Waals surface area contributed by atoms with Crippen molar-refractivity contribution in [2.75, 3.05) is 0 Å². The van der Waals surface area contributed by atoms with Crippen molar-refractivity contribution in [3.05, 3.63) is 72.8 Å². The van der Waals surface area contributed by atoms with Crippen LogP contribution in [-0.4, -0.2) is 10.2 Å². The lowest BCUT2D eigenvalue weighted by atomic mass is 10.1. The molecule has 0 aliphatic heterocycles. The average Bonchev–Trinajstić information content (AvgIpc) is 2.43. The summed E-state index contributed by atoms with van der Waals surface area (Å²) in [7, 11) is 0. The molecular weight excluding hydrogens is 224 g/mol. The molecule has 0 aromatic heterocycles. The second-order valence-corrected chi connectivity index (χ2v) is 3.80. The van der Waals surface area contributed by atoms with Crippen molar-refractivity contribution in [1.82, 2.24) is 0 Å². The number of hydrogen-bond donors (Lipinski definition) is 2. The predicted molar refractivity (Wildman–Crippen MR) is 73.7 cm³/mol. The largest absolute Gasteiger partial charge is 0.507 e. The molecular formula is C16H14O2. The lowest BCUT2D eigenvalue weighted by Crippen LogP contribution is -1.73. The van der Waals surface area contributed by atoms with Crippen LogP contribution >= 0.6 is 0 Å². The van der Waals surface area contributed by atoms with Gasteiger partial charge in [0.2, 0.25) is 0 Å². The molecule has 0 atom stereocenters. The van der Waals surface area contributed by atoms with Crippen LogP contribution in [0.15, 0.2) is 72.8 Å². The van der Waals surface area contributed by atoms with Crippen LogP contribution in [0.2, 0.25) is 0 Å². The molecule has 90 valence electrons. The van der Waals surface area contributed by atoms with Crippen LogP contribution in [0, 0.1) is 0 Å². The summed E-state index contributed by atoms with van der Waals surface area (Å²) < 4.78 is 0. The maximum Gasteiger partial charge on any atom is 0.123 e. The van der Waals surface area contributed by atoms with E-state index in [1.807, 2.05) is 36.4 Å². The van der Waals surface area contributed by atoms with Gasteiger partial charge in [0.25, 0.3) is 0 Å². The van der Waals surface area contributed by atoms with E-state index in [1.54, 1.807) is 36.4 Å². The number of benzene rings is 3. The highest BCUT2D eigenvalue weighted by atomic mass is 16.3. The Balaban J connectivity index is 0.000000169. The van der Waals surface area contributed by atoms with E-state index in [0.29, 0.717) is 10.8 Å². The Kier molecular flexibility index (Phi) is 3.82. The number of aromatic hydroxyl groups is 2. The van der Waals surface area contributed by atoms with Crippen LogP contribution in [0.1, 0.15) is 0 Å². The molecule has 0 radical (unpaired) electrons. The molecule has 2 N–H and O–H groups in total. The van der Waals surface area contributed by atoms with Gasteiger partial charge in [-0.2, -0.15) is 0 Å². The van der Waals surface area contributed by atoms with Crippen molar-refractivity contribution < 1.29 is 10.2 Å². The first-order chi connectivity index (χ1) is 8.79. The van der Waals surface area contributed by atoms with E-state index in [4.69, 9.17) is 0 Å². The van der Waals surface area contributed by atoms with E-state index in [2.05, 4.69) is 0 Å². The summed E-state index contributed by atoms with van der Waals surface area (Å²) in [6.45, 7) is 0. The molecule has 0 amide bonds. The van der Waals surface area contributed by atoms with Gasteiger partial charge in [-0.05, 0) is 12.1 Å². The third-order valence-corrected chi connectivity index (χ3v) is 2.54. The minimum Gasteiger partial charge on any atom is -0.507 e. The predicted octanol–water partition coefficient (Wildman–Crippen LogP) is 3.94. The number of phenolic OH excluding ortho intramolecular Hbond substituents is 2. The van der Waals surface area contributed by atoms with Crippen molar-refractivity contribution in [2.24, 2.45) is 0 Å². The van der Waals surface area contributed by atoms with Crippen LogP contribution in [0.4, 0.5) is 0 Å². The fraction of sp³-hybridized carbons (Fsp3) is 0. The molecule has 0 spiro atoms. The molecule has 0 aliphatic rings. The highest BCUT2D eigenvalue weighted by Gasteiger charge is 2.00. The highest BCUT2D eigenvalue weighted by molar-refractivity contribution is 5.92. The van der Waals surface area contributed by atoms with Crippen LogP contribution in [0.5, 0.6) is 11.5 Å². The molecule has 18 heavy (non-hydrogen) atoms. The second kappa shape index (κ2) is 5.73. The zero-order valence-electron chi connectivity index (χ0n) is 9.82. The molecule has 0 bridgehead atoms. The lowest BCUT2D eigenvalue weighted by Gasteiger charge is -2.01. The molecule has 0 aliphatic carbocycles. The van der Waals surface area contributed by atoms with Gasteiger partial charge in [-0.15, -0.1) is 0 Å². The van der Waals surface area contributed by atoms with Gasteiger partial charge in [-0.25, -0.2) is 0 Å². The number of hydrogen-bond acceptors (Lipinski definition) is 2. The van der Waals surface area contributed by atoms with Gasteiger partial charge in [0.15, 0.2) is 0 Å². The maximum absolute atomic E-state index is 9.38. The maximum atomic E-state index is 9.38. The third-order valence-electron chi connectivity index (χ3n) is 2.54. The van der Waals surface area contributed by atoms with Crippen molar-refractivity contribution in [3.8, 4) is 11.5 Å². The first kappa shape index (κ1) is 12.0. The molecule has 0 fully saturated rings. The zero-order chi connectivity index (χ0) is 12.8. The molecule has 2 heteroatoms. The molecule has 3 aromatic rings. The summed E-state index contributed by atoms with van der Waals surface area (Å²) >= 11 is 0.